The number of nitrogens with one attached hydrogen (secondary N) is 2. The molecule has 5 nitrogen and oxygen atoms in total. The Balaban J connectivity index is 1.85. The molecule has 0 radical (unpaired) electrons. The standard InChI is InChI=1S/C20H16F4N4O/c1-2-13(19-27-10-16(28-19)11-5-7-26-8-6-11)17(25)18(29)12-3-4-14(15(21)9-12)20(22,23)24/h3-10,13,25H,2H2,1H3,(H,27,28). The Bertz CT molecular complexity index is 1040. The van der Waals surface area contributed by atoms with Crippen LogP contribution in [-0.2, 0) is 6.18 Å². The molecule has 150 valence electrons. The highest BCUT2D eigenvalue weighted by Gasteiger charge is 2.35. The van der Waals surface area contributed by atoms with Crippen molar-refractivity contribution >= 4 is 11.5 Å². The number of hydrogen-bond donors (Lipinski definition) is 2. The number of pyridine rings is 1. The summed E-state index contributed by atoms with van der Waals surface area (Å²) in [5.74, 6) is -2.76. The second-order valence-corrected chi connectivity index (χ2v) is 6.31. The number of aromatic nitrogens is 3. The number of halogens is 4. The van der Waals surface area contributed by atoms with Crippen molar-refractivity contribution in [3.8, 4) is 11.3 Å². The maximum absolute atomic E-state index is 13.8. The number of alkyl halides is 3. The predicted octanol–water partition coefficient (Wildman–Crippen LogP) is 5.03. The largest absolute Gasteiger partial charge is 0.419 e. The Morgan fingerprint density at radius 3 is 2.48 bits per heavy atom. The van der Waals surface area contributed by atoms with Gasteiger partial charge < -0.3 is 10.4 Å². The van der Waals surface area contributed by atoms with Crippen LogP contribution in [0.15, 0.2) is 48.9 Å². The van der Waals surface area contributed by atoms with Gasteiger partial charge in [0.05, 0.1) is 29.1 Å². The molecule has 3 rings (SSSR count). The molecule has 2 N–H and O–H groups in total. The molecule has 1 aromatic carbocycles. The van der Waals surface area contributed by atoms with E-state index in [0.29, 0.717) is 30.1 Å². The zero-order valence-electron chi connectivity index (χ0n) is 15.2. The van der Waals surface area contributed by atoms with E-state index in [4.69, 9.17) is 5.41 Å². The van der Waals surface area contributed by atoms with E-state index >= 15 is 0 Å². The van der Waals surface area contributed by atoms with Crippen molar-refractivity contribution in [3.63, 3.8) is 0 Å². The molecule has 1 unspecified atom stereocenters. The van der Waals surface area contributed by atoms with Gasteiger partial charge in [-0.25, -0.2) is 9.37 Å². The molecule has 29 heavy (non-hydrogen) atoms. The third-order valence-electron chi connectivity index (χ3n) is 4.45. The average molecular weight is 404 g/mol. The van der Waals surface area contributed by atoms with E-state index in [0.717, 1.165) is 11.6 Å². The molecule has 0 fully saturated rings. The van der Waals surface area contributed by atoms with Gasteiger partial charge in [-0.3, -0.25) is 9.78 Å². The third kappa shape index (κ3) is 4.23. The first-order valence-corrected chi connectivity index (χ1v) is 8.67. The normalized spacial score (nSPS) is 12.6. The van der Waals surface area contributed by atoms with Crippen molar-refractivity contribution in [2.24, 2.45) is 0 Å². The Hall–Kier alpha value is -3.36. The summed E-state index contributed by atoms with van der Waals surface area (Å²) >= 11 is 0. The summed E-state index contributed by atoms with van der Waals surface area (Å²) in [6.45, 7) is 1.74. The summed E-state index contributed by atoms with van der Waals surface area (Å²) in [7, 11) is 0. The van der Waals surface area contributed by atoms with Gasteiger partial charge >= 0.3 is 6.18 Å². The summed E-state index contributed by atoms with van der Waals surface area (Å²) in [6, 6.07) is 5.42. The number of rotatable bonds is 6. The molecule has 0 saturated heterocycles. The number of aromatic amines is 1. The fourth-order valence-corrected chi connectivity index (χ4v) is 2.93. The zero-order chi connectivity index (χ0) is 21.2. The van der Waals surface area contributed by atoms with Crippen LogP contribution in [0.5, 0.6) is 0 Å². The van der Waals surface area contributed by atoms with Crippen molar-refractivity contribution in [2.75, 3.05) is 0 Å². The quantitative estimate of drug-likeness (QED) is 0.344. The lowest BCUT2D eigenvalue weighted by atomic mass is 9.92. The molecule has 0 aliphatic carbocycles. The molecule has 0 amide bonds. The second kappa shape index (κ2) is 7.94. The van der Waals surface area contributed by atoms with Crippen molar-refractivity contribution in [3.05, 3.63) is 71.7 Å². The van der Waals surface area contributed by atoms with Crippen LogP contribution in [0, 0.1) is 11.2 Å². The number of hydrogen-bond acceptors (Lipinski definition) is 4. The number of imidazole rings is 1. The zero-order valence-corrected chi connectivity index (χ0v) is 15.2. The fourth-order valence-electron chi connectivity index (χ4n) is 2.93. The Labute approximate surface area is 163 Å². The van der Waals surface area contributed by atoms with Crippen LogP contribution >= 0.6 is 0 Å². The summed E-state index contributed by atoms with van der Waals surface area (Å²) < 4.78 is 51.9. The van der Waals surface area contributed by atoms with Crippen LogP contribution in [-0.4, -0.2) is 26.4 Å². The van der Waals surface area contributed by atoms with E-state index in [2.05, 4.69) is 15.0 Å². The van der Waals surface area contributed by atoms with E-state index in [1.807, 2.05) is 0 Å². The molecule has 0 spiro atoms. The highest BCUT2D eigenvalue weighted by atomic mass is 19.4. The number of H-pyrrole nitrogens is 1. The van der Waals surface area contributed by atoms with Gasteiger partial charge in [0.2, 0.25) is 5.78 Å². The van der Waals surface area contributed by atoms with Gasteiger partial charge in [-0.2, -0.15) is 13.2 Å². The average Bonchev–Trinajstić information content (AvgIpc) is 3.17. The van der Waals surface area contributed by atoms with Gasteiger partial charge in [-0.05, 0) is 30.7 Å². The maximum Gasteiger partial charge on any atom is 0.419 e. The molecule has 0 aliphatic rings. The smallest absolute Gasteiger partial charge is 0.341 e. The number of nitrogens with zero attached hydrogens (tertiary/aromatic N) is 2. The van der Waals surface area contributed by atoms with Crippen molar-refractivity contribution in [1.82, 2.24) is 15.0 Å². The molecule has 0 saturated carbocycles. The third-order valence-corrected chi connectivity index (χ3v) is 4.45. The molecule has 0 bridgehead atoms. The molecule has 0 aliphatic heterocycles. The van der Waals surface area contributed by atoms with Crippen LogP contribution < -0.4 is 0 Å². The molecule has 1 atom stereocenters. The van der Waals surface area contributed by atoms with E-state index in [-0.39, 0.29) is 11.3 Å². The minimum atomic E-state index is -4.86. The first kappa shape index (κ1) is 20.4. The van der Waals surface area contributed by atoms with E-state index in [1.54, 1.807) is 37.6 Å². The topological polar surface area (TPSA) is 82.5 Å². The summed E-state index contributed by atoms with van der Waals surface area (Å²) in [4.78, 5) is 23.8. The molecular formula is C20H16F4N4O. The summed E-state index contributed by atoms with van der Waals surface area (Å²) in [6.07, 6.45) is 0.262. The highest BCUT2D eigenvalue weighted by Crippen LogP contribution is 2.32. The van der Waals surface area contributed by atoms with Gasteiger partial charge in [0, 0.05) is 23.5 Å². The second-order valence-electron chi connectivity index (χ2n) is 6.31. The lowest BCUT2D eigenvalue weighted by Crippen LogP contribution is -2.23. The maximum atomic E-state index is 13.8. The first-order chi connectivity index (χ1) is 13.7. The van der Waals surface area contributed by atoms with Gasteiger partial charge in [0.1, 0.15) is 11.6 Å². The van der Waals surface area contributed by atoms with Gasteiger partial charge in [0.15, 0.2) is 0 Å². The Morgan fingerprint density at radius 1 is 1.21 bits per heavy atom. The lowest BCUT2D eigenvalue weighted by Gasteiger charge is -2.14. The van der Waals surface area contributed by atoms with Crippen LogP contribution in [0.4, 0.5) is 17.6 Å². The highest BCUT2D eigenvalue weighted by molar-refractivity contribution is 6.46. The molecular weight excluding hydrogens is 388 g/mol. The van der Waals surface area contributed by atoms with E-state index in [9.17, 15) is 22.4 Å². The van der Waals surface area contributed by atoms with Crippen molar-refractivity contribution < 1.29 is 22.4 Å². The van der Waals surface area contributed by atoms with Crippen LogP contribution in [0.1, 0.15) is 41.0 Å². The molecule has 3 aromatic rings. The monoisotopic (exact) mass is 404 g/mol. The minimum absolute atomic E-state index is 0.320. The van der Waals surface area contributed by atoms with Gasteiger partial charge in [-0.1, -0.05) is 13.0 Å². The van der Waals surface area contributed by atoms with Gasteiger partial charge in [-0.15, -0.1) is 0 Å². The van der Waals surface area contributed by atoms with E-state index in [1.165, 1.54) is 0 Å². The Morgan fingerprint density at radius 2 is 1.90 bits per heavy atom. The number of carbonyl (C=O) groups is 1. The van der Waals surface area contributed by atoms with Crippen LogP contribution in [0.25, 0.3) is 11.3 Å². The first-order valence-electron chi connectivity index (χ1n) is 8.67. The minimum Gasteiger partial charge on any atom is -0.341 e. The van der Waals surface area contributed by atoms with Crippen molar-refractivity contribution in [1.29, 1.82) is 5.41 Å². The van der Waals surface area contributed by atoms with E-state index < -0.39 is 29.3 Å². The number of ketones is 1. The molecule has 2 heterocycles. The van der Waals surface area contributed by atoms with Gasteiger partial charge in [0.25, 0.3) is 0 Å². The number of carbonyl (C=O) groups excluding carboxylic acids is 1. The lowest BCUT2D eigenvalue weighted by molar-refractivity contribution is -0.140. The Kier molecular flexibility index (Phi) is 5.58. The number of Topliss-reactive ketones (excluding diaryl/α,β-unsaturated/α-hetero) is 1. The SMILES string of the molecule is CCC(C(=N)C(=O)c1ccc(C(F)(F)F)c(F)c1)c1ncc(-c2ccncc2)[nH]1. The summed E-state index contributed by atoms with van der Waals surface area (Å²) in [5, 5.41) is 8.22. The number of benzene rings is 1. The van der Waals surface area contributed by atoms with Crippen LogP contribution in [0.3, 0.4) is 0 Å². The van der Waals surface area contributed by atoms with Crippen LogP contribution in [0.2, 0.25) is 0 Å². The predicted molar refractivity (Wildman–Crippen MR) is 98.3 cm³/mol. The summed E-state index contributed by atoms with van der Waals surface area (Å²) in [5.41, 5.74) is -0.680. The molecule has 2 aromatic heterocycles. The molecule has 9 heteroatoms. The fraction of sp³-hybridized carbons (Fsp3) is 0.200. The van der Waals surface area contributed by atoms with Crippen molar-refractivity contribution in [2.45, 2.75) is 25.4 Å².